The molecule has 0 aromatic carbocycles. The van der Waals surface area contributed by atoms with E-state index in [-0.39, 0.29) is 20.4 Å². The first kappa shape index (κ1) is 12.2. The van der Waals surface area contributed by atoms with E-state index < -0.39 is 0 Å². The molecule has 0 aliphatic rings. The molecule has 2 aromatic rings. The minimum atomic E-state index is 0. The second-order valence-corrected chi connectivity index (χ2v) is 2.33. The van der Waals surface area contributed by atoms with Crippen LogP contribution in [0.25, 0.3) is 0 Å². The summed E-state index contributed by atoms with van der Waals surface area (Å²) in [5, 5.41) is 0. The molecule has 3 heteroatoms. The largest absolute Gasteiger partial charge is 2.00 e. The first-order chi connectivity index (χ1) is 5.79. The molecule has 0 radical (unpaired) electrons. The number of rotatable bonds is 0. The van der Waals surface area contributed by atoms with Gasteiger partial charge in [-0.05, 0) is 12.5 Å². The van der Waals surface area contributed by atoms with Gasteiger partial charge in [-0.2, -0.15) is 12.1 Å². The van der Waals surface area contributed by atoms with Gasteiger partial charge in [0, 0.05) is 0 Å². The van der Waals surface area contributed by atoms with Crippen LogP contribution in [0.3, 0.4) is 0 Å². The molecule has 72 valence electrons. The zero-order valence-electron chi connectivity index (χ0n) is 7.44. The van der Waals surface area contributed by atoms with E-state index in [1.165, 1.54) is 0 Å². The van der Waals surface area contributed by atoms with Gasteiger partial charge >= 0.3 is 20.4 Å². The van der Waals surface area contributed by atoms with E-state index in [1.807, 2.05) is 26.0 Å². The van der Waals surface area contributed by atoms with Crippen LogP contribution in [-0.4, -0.2) is 0 Å². The Bertz CT molecular complexity index is 252. The van der Waals surface area contributed by atoms with Crippen LogP contribution in [0.15, 0.2) is 33.1 Å². The second kappa shape index (κ2) is 6.71. The molecule has 0 unspecified atom stereocenters. The summed E-state index contributed by atoms with van der Waals surface area (Å²) in [7, 11) is 0. The Morgan fingerprint density at radius 1 is 0.923 bits per heavy atom. The summed E-state index contributed by atoms with van der Waals surface area (Å²) in [6.45, 7) is 3.77. The van der Waals surface area contributed by atoms with Gasteiger partial charge in [0.25, 0.3) is 0 Å². The first-order valence-corrected chi connectivity index (χ1v) is 3.64. The molecule has 0 aliphatic heterocycles. The minimum Gasteiger partial charge on any atom is -0.596 e. The zero-order valence-corrected chi connectivity index (χ0v) is 9.00. The maximum absolute atomic E-state index is 4.71. The van der Waals surface area contributed by atoms with Crippen molar-refractivity contribution < 1.29 is 29.3 Å². The summed E-state index contributed by atoms with van der Waals surface area (Å²) in [6, 6.07) is 7.21. The van der Waals surface area contributed by atoms with Crippen molar-refractivity contribution in [1.29, 1.82) is 0 Å². The molecule has 2 rings (SSSR count). The fourth-order valence-corrected chi connectivity index (χ4v) is 0.625. The van der Waals surface area contributed by atoms with E-state index in [4.69, 9.17) is 8.83 Å². The van der Waals surface area contributed by atoms with Crippen molar-refractivity contribution in [2.75, 3.05) is 0 Å². The van der Waals surface area contributed by atoms with E-state index in [0.29, 0.717) is 0 Å². The van der Waals surface area contributed by atoms with Crippen LogP contribution < -0.4 is 0 Å². The van der Waals surface area contributed by atoms with Crippen LogP contribution in [-0.2, 0) is 20.4 Å². The van der Waals surface area contributed by atoms with Crippen molar-refractivity contribution in [3.05, 3.63) is 48.3 Å². The normalized spacial score (nSPS) is 8.15. The number of furan rings is 2. The third kappa shape index (κ3) is 5.46. The molecule has 0 N–H and O–H groups in total. The average Bonchev–Trinajstić information content (AvgIpc) is 2.63. The fraction of sp³-hybridized carbons (Fsp3) is 0.200. The smallest absolute Gasteiger partial charge is 0.596 e. The van der Waals surface area contributed by atoms with Gasteiger partial charge in [-0.3, -0.25) is 0 Å². The molecule has 0 saturated carbocycles. The van der Waals surface area contributed by atoms with Crippen LogP contribution in [0.2, 0.25) is 0 Å². The summed E-state index contributed by atoms with van der Waals surface area (Å²) in [6.07, 6.45) is 5.11. The summed E-state index contributed by atoms with van der Waals surface area (Å²) >= 11 is 0. The van der Waals surface area contributed by atoms with Gasteiger partial charge in [-0.1, -0.05) is 25.4 Å². The molecule has 0 saturated heterocycles. The Kier molecular flexibility index (Phi) is 6.31. The van der Waals surface area contributed by atoms with Gasteiger partial charge in [0.1, 0.15) is 0 Å². The summed E-state index contributed by atoms with van der Waals surface area (Å²) in [4.78, 5) is 0. The average molecular weight is 269 g/mol. The molecule has 2 nitrogen and oxygen atoms in total. The maximum atomic E-state index is 4.71. The van der Waals surface area contributed by atoms with Crippen molar-refractivity contribution in [2.45, 2.75) is 13.8 Å². The van der Waals surface area contributed by atoms with Crippen LogP contribution in [0, 0.1) is 26.4 Å². The predicted molar refractivity (Wildman–Crippen MR) is 44.6 cm³/mol. The molecule has 0 aliphatic carbocycles. The maximum Gasteiger partial charge on any atom is 2.00 e. The van der Waals surface area contributed by atoms with E-state index in [1.54, 1.807) is 12.1 Å². The van der Waals surface area contributed by atoms with Gasteiger partial charge in [0.2, 0.25) is 0 Å². The van der Waals surface area contributed by atoms with Crippen molar-refractivity contribution >= 4 is 0 Å². The molecular weight excluding hydrogens is 259 g/mol. The van der Waals surface area contributed by atoms with E-state index in [0.717, 1.165) is 11.5 Å². The molecule has 0 spiro atoms. The number of aryl methyl sites for hydroxylation is 2. The SMILES string of the molecule is Cc1cc[c-]o1.Cc1cc[c-]o1.[Pd+2]. The van der Waals surface area contributed by atoms with Gasteiger partial charge in [0.15, 0.2) is 0 Å². The molecule has 0 fully saturated rings. The standard InChI is InChI=1S/2C5H5O.Pd/c2*1-5-3-2-4-6-5;/h2*2-3H,1H3;/q2*-1;+2. The van der Waals surface area contributed by atoms with Crippen LogP contribution >= 0.6 is 0 Å². The van der Waals surface area contributed by atoms with Gasteiger partial charge < -0.3 is 8.83 Å². The summed E-state index contributed by atoms with van der Waals surface area (Å²) < 4.78 is 9.42. The predicted octanol–water partition coefficient (Wildman–Crippen LogP) is 2.77. The van der Waals surface area contributed by atoms with E-state index >= 15 is 0 Å². The Labute approximate surface area is 91.6 Å². The molecule has 0 bridgehead atoms. The number of hydrogen-bond donors (Lipinski definition) is 0. The zero-order chi connectivity index (χ0) is 8.81. The van der Waals surface area contributed by atoms with Crippen LogP contribution in [0.1, 0.15) is 11.5 Å². The molecule has 13 heavy (non-hydrogen) atoms. The fourth-order valence-electron chi connectivity index (χ4n) is 0.625. The third-order valence-electron chi connectivity index (χ3n) is 1.21. The van der Waals surface area contributed by atoms with E-state index in [9.17, 15) is 0 Å². The third-order valence-corrected chi connectivity index (χ3v) is 1.21. The van der Waals surface area contributed by atoms with Gasteiger partial charge in [-0.15, -0.1) is 12.1 Å². The van der Waals surface area contributed by atoms with Gasteiger partial charge in [0.05, 0.1) is 0 Å². The molecule has 0 atom stereocenters. The van der Waals surface area contributed by atoms with Crippen molar-refractivity contribution in [3.8, 4) is 0 Å². The molecule has 2 aromatic heterocycles. The Morgan fingerprint density at radius 2 is 1.31 bits per heavy atom. The van der Waals surface area contributed by atoms with Crippen molar-refractivity contribution in [3.63, 3.8) is 0 Å². The Morgan fingerprint density at radius 3 is 1.38 bits per heavy atom. The molecular formula is C10H10O2Pd. The minimum absolute atomic E-state index is 0. The molecule has 0 amide bonds. The second-order valence-electron chi connectivity index (χ2n) is 2.33. The van der Waals surface area contributed by atoms with Crippen molar-refractivity contribution in [1.82, 2.24) is 0 Å². The van der Waals surface area contributed by atoms with Crippen LogP contribution in [0.4, 0.5) is 0 Å². The quantitative estimate of drug-likeness (QED) is 0.542. The Hall–Kier alpha value is -0.778. The molecule has 2 heterocycles. The topological polar surface area (TPSA) is 26.3 Å². The van der Waals surface area contributed by atoms with Crippen LogP contribution in [0.5, 0.6) is 0 Å². The number of hydrogen-bond acceptors (Lipinski definition) is 2. The monoisotopic (exact) mass is 268 g/mol. The van der Waals surface area contributed by atoms with Crippen molar-refractivity contribution in [2.24, 2.45) is 0 Å². The summed E-state index contributed by atoms with van der Waals surface area (Å²) in [5.74, 6) is 1.82. The summed E-state index contributed by atoms with van der Waals surface area (Å²) in [5.41, 5.74) is 0. The van der Waals surface area contributed by atoms with Gasteiger partial charge in [-0.25, -0.2) is 0 Å². The first-order valence-electron chi connectivity index (χ1n) is 3.64. The van der Waals surface area contributed by atoms with E-state index in [2.05, 4.69) is 12.5 Å². The Balaban J connectivity index is 0.000000206.